The topological polar surface area (TPSA) is 0 Å². The van der Waals surface area contributed by atoms with E-state index in [1.54, 1.807) is 11.1 Å². The van der Waals surface area contributed by atoms with Crippen LogP contribution in [-0.2, 0) is 18.3 Å². The van der Waals surface area contributed by atoms with E-state index in [9.17, 15) is 0 Å². The third kappa shape index (κ3) is 2.94. The van der Waals surface area contributed by atoms with Gasteiger partial charge in [0.2, 0.25) is 0 Å². The fourth-order valence-corrected chi connectivity index (χ4v) is 4.72. The first-order valence-corrected chi connectivity index (χ1v) is 8.97. The van der Waals surface area contributed by atoms with Gasteiger partial charge in [0.05, 0.1) is 0 Å². The summed E-state index contributed by atoms with van der Waals surface area (Å²) >= 11 is 3.83. The quantitative estimate of drug-likeness (QED) is 0.644. The van der Waals surface area contributed by atoms with E-state index < -0.39 is 0 Å². The average molecular weight is 343 g/mol. The van der Waals surface area contributed by atoms with Gasteiger partial charge in [0, 0.05) is 10.7 Å². The summed E-state index contributed by atoms with van der Waals surface area (Å²) < 4.78 is 0. The first-order chi connectivity index (χ1) is 10.1. The highest BCUT2D eigenvalue weighted by Crippen LogP contribution is 2.41. The summed E-state index contributed by atoms with van der Waals surface area (Å²) in [7, 11) is 0. The summed E-state index contributed by atoms with van der Waals surface area (Å²) in [6.07, 6.45) is 4.95. The molecule has 1 atom stereocenters. The third-order valence-corrected chi connectivity index (χ3v) is 5.84. The molecule has 2 aromatic rings. The standard InChI is InChI=1S/C20H23Br/c1-15-10-16(2)12-17(11-15)13-20(14-21)9-5-7-18-6-3-4-8-19(18)20/h3-4,6,8,10-12H,5,7,9,13-14H2,1-2H3. The second-order valence-corrected chi connectivity index (χ2v) is 7.16. The minimum absolute atomic E-state index is 0.259. The molecule has 2 aromatic carbocycles. The maximum atomic E-state index is 3.83. The molecule has 1 aliphatic rings. The number of benzene rings is 2. The Morgan fingerprint density at radius 3 is 2.48 bits per heavy atom. The molecule has 0 aliphatic heterocycles. The number of aryl methyl sites for hydroxylation is 3. The van der Waals surface area contributed by atoms with Gasteiger partial charge in [-0.1, -0.05) is 69.5 Å². The first-order valence-electron chi connectivity index (χ1n) is 7.84. The molecule has 0 heterocycles. The maximum Gasteiger partial charge on any atom is 0.0132 e. The van der Waals surface area contributed by atoms with Crippen molar-refractivity contribution in [3.63, 3.8) is 0 Å². The number of fused-ring (bicyclic) bond motifs is 1. The van der Waals surface area contributed by atoms with Crippen LogP contribution in [0.3, 0.4) is 0 Å². The van der Waals surface area contributed by atoms with Crippen LogP contribution in [0, 0.1) is 13.8 Å². The molecule has 0 saturated heterocycles. The Morgan fingerprint density at radius 2 is 1.76 bits per heavy atom. The molecule has 0 spiro atoms. The predicted octanol–water partition coefficient (Wildman–Crippen LogP) is 5.52. The minimum Gasteiger partial charge on any atom is -0.0918 e. The Hall–Kier alpha value is -1.08. The molecule has 1 aliphatic carbocycles. The number of rotatable bonds is 3. The van der Waals surface area contributed by atoms with Crippen molar-refractivity contribution in [2.45, 2.75) is 44.9 Å². The molecule has 21 heavy (non-hydrogen) atoms. The van der Waals surface area contributed by atoms with Crippen LogP contribution < -0.4 is 0 Å². The molecule has 110 valence electrons. The van der Waals surface area contributed by atoms with Crippen LogP contribution in [0.25, 0.3) is 0 Å². The fraction of sp³-hybridized carbons (Fsp3) is 0.400. The lowest BCUT2D eigenvalue weighted by atomic mass is 9.68. The smallest absolute Gasteiger partial charge is 0.0132 e. The van der Waals surface area contributed by atoms with Crippen LogP contribution in [-0.4, -0.2) is 5.33 Å². The molecule has 1 unspecified atom stereocenters. The lowest BCUT2D eigenvalue weighted by molar-refractivity contribution is 0.401. The SMILES string of the molecule is Cc1cc(C)cc(CC2(CBr)CCCc3ccccc32)c1. The van der Waals surface area contributed by atoms with Crippen molar-refractivity contribution in [1.29, 1.82) is 0 Å². The Bertz CT molecular complexity index is 624. The van der Waals surface area contributed by atoms with Gasteiger partial charge < -0.3 is 0 Å². The van der Waals surface area contributed by atoms with Crippen LogP contribution in [0.4, 0.5) is 0 Å². The highest BCUT2D eigenvalue weighted by molar-refractivity contribution is 9.09. The van der Waals surface area contributed by atoms with Crippen molar-refractivity contribution in [2.24, 2.45) is 0 Å². The van der Waals surface area contributed by atoms with Crippen LogP contribution in [0.2, 0.25) is 0 Å². The van der Waals surface area contributed by atoms with E-state index in [-0.39, 0.29) is 5.41 Å². The van der Waals surface area contributed by atoms with Crippen molar-refractivity contribution >= 4 is 15.9 Å². The highest BCUT2D eigenvalue weighted by atomic mass is 79.9. The number of alkyl halides is 1. The van der Waals surface area contributed by atoms with Crippen LogP contribution in [0.1, 0.15) is 40.7 Å². The molecule has 0 radical (unpaired) electrons. The normalized spacial score (nSPS) is 21.1. The van der Waals surface area contributed by atoms with Crippen molar-refractivity contribution in [3.8, 4) is 0 Å². The molecule has 1 heteroatoms. The Labute approximate surface area is 136 Å². The lowest BCUT2D eigenvalue weighted by Crippen LogP contribution is -2.35. The van der Waals surface area contributed by atoms with Gasteiger partial charge >= 0.3 is 0 Å². The molecule has 0 amide bonds. The van der Waals surface area contributed by atoms with Gasteiger partial charge in [-0.25, -0.2) is 0 Å². The zero-order valence-electron chi connectivity index (χ0n) is 13.0. The van der Waals surface area contributed by atoms with Crippen LogP contribution in [0.5, 0.6) is 0 Å². The largest absolute Gasteiger partial charge is 0.0918 e. The van der Waals surface area contributed by atoms with Crippen molar-refractivity contribution < 1.29 is 0 Å². The zero-order valence-corrected chi connectivity index (χ0v) is 14.5. The van der Waals surface area contributed by atoms with E-state index in [1.807, 2.05) is 0 Å². The highest BCUT2D eigenvalue weighted by Gasteiger charge is 2.35. The van der Waals surface area contributed by atoms with Gasteiger partial charge in [0.1, 0.15) is 0 Å². The molecular formula is C20H23Br. The molecule has 0 bridgehead atoms. The summed E-state index contributed by atoms with van der Waals surface area (Å²) in [6, 6.07) is 16.0. The average Bonchev–Trinajstić information content (AvgIpc) is 2.46. The summed E-state index contributed by atoms with van der Waals surface area (Å²) in [6.45, 7) is 4.40. The molecule has 0 fully saturated rings. The Kier molecular flexibility index (Phi) is 4.21. The zero-order chi connectivity index (χ0) is 14.9. The van der Waals surface area contributed by atoms with E-state index in [0.717, 1.165) is 11.8 Å². The lowest BCUT2D eigenvalue weighted by Gasteiger charge is -2.38. The molecular weight excluding hydrogens is 320 g/mol. The molecule has 0 N–H and O–H groups in total. The van der Waals surface area contributed by atoms with Gasteiger partial charge in [0.25, 0.3) is 0 Å². The number of hydrogen-bond donors (Lipinski definition) is 0. The summed E-state index contributed by atoms with van der Waals surface area (Å²) in [5.74, 6) is 0. The second-order valence-electron chi connectivity index (χ2n) is 6.60. The summed E-state index contributed by atoms with van der Waals surface area (Å²) in [4.78, 5) is 0. The van der Waals surface area contributed by atoms with E-state index in [2.05, 4.69) is 72.2 Å². The van der Waals surface area contributed by atoms with Crippen molar-refractivity contribution in [3.05, 3.63) is 70.3 Å². The van der Waals surface area contributed by atoms with E-state index in [1.165, 1.54) is 36.0 Å². The minimum atomic E-state index is 0.259. The van der Waals surface area contributed by atoms with E-state index in [0.29, 0.717) is 0 Å². The third-order valence-electron chi connectivity index (χ3n) is 4.77. The second kappa shape index (κ2) is 5.96. The molecule has 0 aromatic heterocycles. The van der Waals surface area contributed by atoms with Gasteiger partial charge in [-0.2, -0.15) is 0 Å². The fourth-order valence-electron chi connectivity index (χ4n) is 3.94. The Balaban J connectivity index is 2.02. The predicted molar refractivity (Wildman–Crippen MR) is 94.5 cm³/mol. The molecule has 3 rings (SSSR count). The van der Waals surface area contributed by atoms with Gasteiger partial charge in [0.15, 0.2) is 0 Å². The molecule has 0 saturated carbocycles. The van der Waals surface area contributed by atoms with Crippen molar-refractivity contribution in [2.75, 3.05) is 5.33 Å². The van der Waals surface area contributed by atoms with Gasteiger partial charge in [-0.3, -0.25) is 0 Å². The van der Waals surface area contributed by atoms with Gasteiger partial charge in [-0.15, -0.1) is 0 Å². The van der Waals surface area contributed by atoms with E-state index >= 15 is 0 Å². The van der Waals surface area contributed by atoms with Crippen LogP contribution >= 0.6 is 15.9 Å². The van der Waals surface area contributed by atoms with Crippen LogP contribution in [0.15, 0.2) is 42.5 Å². The number of hydrogen-bond acceptors (Lipinski definition) is 0. The van der Waals surface area contributed by atoms with Gasteiger partial charge in [-0.05, 0) is 56.2 Å². The van der Waals surface area contributed by atoms with E-state index in [4.69, 9.17) is 0 Å². The number of halogens is 1. The maximum absolute atomic E-state index is 3.83. The first kappa shape index (κ1) is 14.8. The summed E-state index contributed by atoms with van der Waals surface area (Å²) in [5, 5.41) is 1.05. The summed E-state index contributed by atoms with van der Waals surface area (Å²) in [5.41, 5.74) is 7.59. The molecule has 0 nitrogen and oxygen atoms in total. The monoisotopic (exact) mass is 342 g/mol. The van der Waals surface area contributed by atoms with Crippen molar-refractivity contribution in [1.82, 2.24) is 0 Å². The Morgan fingerprint density at radius 1 is 1.05 bits per heavy atom.